The first-order valence-corrected chi connectivity index (χ1v) is 9.05. The number of thiazole rings is 1. The molecule has 0 saturated carbocycles. The van der Waals surface area contributed by atoms with Gasteiger partial charge in [0.25, 0.3) is 5.91 Å². The Kier molecular flexibility index (Phi) is 4.38. The highest BCUT2D eigenvalue weighted by Crippen LogP contribution is 2.31. The number of carbonyl (C=O) groups excluding carboxylic acids is 1. The zero-order chi connectivity index (χ0) is 17.2. The molecule has 1 aromatic carbocycles. The summed E-state index contributed by atoms with van der Waals surface area (Å²) in [6, 6.07) is 11.7. The number of hydrogen-bond acceptors (Lipinski definition) is 5. The zero-order valence-electron chi connectivity index (χ0n) is 13.8. The second-order valence-corrected chi connectivity index (χ2v) is 6.82. The fraction of sp³-hybridized carbons (Fsp3) is 0.263. The molecule has 0 aliphatic carbocycles. The van der Waals surface area contributed by atoms with Crippen LogP contribution in [0.1, 0.15) is 27.9 Å². The summed E-state index contributed by atoms with van der Waals surface area (Å²) in [5, 5.41) is 2.96. The van der Waals surface area contributed by atoms with E-state index < -0.39 is 0 Å². The van der Waals surface area contributed by atoms with Gasteiger partial charge in [0.05, 0.1) is 31.2 Å². The van der Waals surface area contributed by atoms with E-state index in [1.54, 1.807) is 28.6 Å². The molecule has 5 nitrogen and oxygen atoms in total. The van der Waals surface area contributed by atoms with Crippen LogP contribution in [0.15, 0.2) is 52.5 Å². The van der Waals surface area contributed by atoms with Crippen molar-refractivity contribution >= 4 is 17.2 Å². The smallest absolute Gasteiger partial charge is 0.290 e. The summed E-state index contributed by atoms with van der Waals surface area (Å²) in [6.07, 6.45) is 1.55. The Morgan fingerprint density at radius 1 is 1.28 bits per heavy atom. The molecule has 1 atom stereocenters. The van der Waals surface area contributed by atoms with Gasteiger partial charge in [0, 0.05) is 23.1 Å². The molecule has 1 fully saturated rings. The average molecular weight is 354 g/mol. The van der Waals surface area contributed by atoms with Crippen molar-refractivity contribution in [2.75, 3.05) is 19.8 Å². The topological polar surface area (TPSA) is 55.6 Å². The van der Waals surface area contributed by atoms with Gasteiger partial charge in [-0.1, -0.05) is 30.3 Å². The highest BCUT2D eigenvalue weighted by Gasteiger charge is 2.33. The highest BCUT2D eigenvalue weighted by atomic mass is 32.1. The first kappa shape index (κ1) is 16.1. The van der Waals surface area contributed by atoms with E-state index in [0.717, 1.165) is 21.8 Å². The van der Waals surface area contributed by atoms with Crippen LogP contribution in [-0.4, -0.2) is 35.5 Å². The number of morpholine rings is 1. The molecule has 1 unspecified atom stereocenters. The molecule has 3 heterocycles. The van der Waals surface area contributed by atoms with E-state index in [9.17, 15) is 4.79 Å². The monoisotopic (exact) mass is 354 g/mol. The first-order chi connectivity index (χ1) is 12.2. The quantitative estimate of drug-likeness (QED) is 0.715. The summed E-state index contributed by atoms with van der Waals surface area (Å²) in [5.74, 6) is 0.287. The van der Waals surface area contributed by atoms with E-state index in [4.69, 9.17) is 14.1 Å². The summed E-state index contributed by atoms with van der Waals surface area (Å²) >= 11 is 1.58. The molecular formula is C19H18N2O3S. The van der Waals surface area contributed by atoms with Gasteiger partial charge in [-0.2, -0.15) is 0 Å². The number of aryl methyl sites for hydroxylation is 1. The normalized spacial score (nSPS) is 17.6. The molecule has 2 aromatic heterocycles. The number of hydrogen-bond donors (Lipinski definition) is 0. The number of nitrogens with zero attached hydrogens (tertiary/aromatic N) is 2. The third-order valence-electron chi connectivity index (χ3n) is 4.33. The molecule has 0 N–H and O–H groups in total. The number of ether oxygens (including phenoxy) is 1. The van der Waals surface area contributed by atoms with Crippen molar-refractivity contribution in [2.24, 2.45) is 0 Å². The Morgan fingerprint density at radius 3 is 2.88 bits per heavy atom. The lowest BCUT2D eigenvalue weighted by Gasteiger charge is -2.34. The molecule has 25 heavy (non-hydrogen) atoms. The van der Waals surface area contributed by atoms with E-state index >= 15 is 0 Å². The Hall–Kier alpha value is -2.44. The summed E-state index contributed by atoms with van der Waals surface area (Å²) in [6.45, 7) is 3.38. The lowest BCUT2D eigenvalue weighted by atomic mass is 10.1. The Labute approximate surface area is 149 Å². The van der Waals surface area contributed by atoms with E-state index in [1.807, 2.05) is 42.6 Å². The third kappa shape index (κ3) is 3.10. The number of aromatic nitrogens is 1. The van der Waals surface area contributed by atoms with Crippen molar-refractivity contribution < 1.29 is 13.9 Å². The van der Waals surface area contributed by atoms with Crippen LogP contribution in [0.5, 0.6) is 0 Å². The van der Waals surface area contributed by atoms with Crippen LogP contribution < -0.4 is 0 Å². The van der Waals surface area contributed by atoms with E-state index in [2.05, 4.69) is 0 Å². The van der Waals surface area contributed by atoms with Gasteiger partial charge < -0.3 is 14.1 Å². The highest BCUT2D eigenvalue weighted by molar-refractivity contribution is 7.13. The molecule has 3 aromatic rings. The molecule has 1 saturated heterocycles. The summed E-state index contributed by atoms with van der Waals surface area (Å²) < 4.78 is 11.0. The van der Waals surface area contributed by atoms with Crippen molar-refractivity contribution in [2.45, 2.75) is 13.0 Å². The maximum atomic E-state index is 12.9. The van der Waals surface area contributed by atoms with E-state index in [1.165, 1.54) is 0 Å². The molecule has 1 aliphatic heterocycles. The van der Waals surface area contributed by atoms with E-state index in [-0.39, 0.29) is 11.9 Å². The number of benzene rings is 1. The maximum absolute atomic E-state index is 12.9. The van der Waals surface area contributed by atoms with Crippen LogP contribution in [0.3, 0.4) is 0 Å². The van der Waals surface area contributed by atoms with Gasteiger partial charge in [0.2, 0.25) is 0 Å². The maximum Gasteiger partial charge on any atom is 0.290 e. The predicted molar refractivity (Wildman–Crippen MR) is 95.6 cm³/mol. The van der Waals surface area contributed by atoms with Crippen molar-refractivity contribution in [1.82, 2.24) is 9.88 Å². The van der Waals surface area contributed by atoms with Gasteiger partial charge in [0.1, 0.15) is 5.01 Å². The Balaban J connectivity index is 1.63. The predicted octanol–water partition coefficient (Wildman–Crippen LogP) is 3.93. The van der Waals surface area contributed by atoms with Gasteiger partial charge in [-0.3, -0.25) is 4.79 Å². The second kappa shape index (κ2) is 6.82. The van der Waals surface area contributed by atoms with Gasteiger partial charge in [-0.25, -0.2) is 4.98 Å². The number of amides is 1. The molecular weight excluding hydrogens is 336 g/mol. The fourth-order valence-electron chi connectivity index (χ4n) is 2.97. The minimum atomic E-state index is -0.195. The average Bonchev–Trinajstić information content (AvgIpc) is 3.31. The molecule has 1 aliphatic rings. The molecule has 0 bridgehead atoms. The van der Waals surface area contributed by atoms with Gasteiger partial charge in [0.15, 0.2) is 5.76 Å². The summed E-state index contributed by atoms with van der Waals surface area (Å²) in [7, 11) is 0. The van der Waals surface area contributed by atoms with Crippen LogP contribution in [-0.2, 0) is 4.74 Å². The number of rotatable bonds is 3. The first-order valence-electron chi connectivity index (χ1n) is 8.17. The molecule has 0 radical (unpaired) electrons. The van der Waals surface area contributed by atoms with Crippen molar-refractivity contribution in [1.29, 1.82) is 0 Å². The van der Waals surface area contributed by atoms with Crippen LogP contribution in [0.4, 0.5) is 0 Å². The Bertz CT molecular complexity index is 872. The largest absolute Gasteiger partial charge is 0.459 e. The summed E-state index contributed by atoms with van der Waals surface area (Å²) in [4.78, 5) is 19.5. The van der Waals surface area contributed by atoms with Gasteiger partial charge in [-0.15, -0.1) is 11.3 Å². The van der Waals surface area contributed by atoms with Crippen LogP contribution in [0.25, 0.3) is 10.6 Å². The lowest BCUT2D eigenvalue weighted by molar-refractivity contribution is -0.00531. The fourth-order valence-corrected chi connectivity index (χ4v) is 3.84. The van der Waals surface area contributed by atoms with Gasteiger partial charge in [-0.05, 0) is 13.0 Å². The second-order valence-electron chi connectivity index (χ2n) is 5.97. The lowest BCUT2D eigenvalue weighted by Crippen LogP contribution is -2.43. The minimum absolute atomic E-state index is 0.106. The standard InChI is InChI=1S/C19H18N2O3S/c1-13-7-9-24-17(13)19(22)21-8-10-23-11-16(21)15-12-25-18(20-15)14-5-3-2-4-6-14/h2-7,9,12,16H,8,10-11H2,1H3. The number of carbonyl (C=O) groups is 1. The number of furan rings is 1. The van der Waals surface area contributed by atoms with Crippen molar-refractivity contribution in [3.05, 3.63) is 65.1 Å². The van der Waals surface area contributed by atoms with Crippen LogP contribution in [0, 0.1) is 6.92 Å². The molecule has 0 spiro atoms. The van der Waals surface area contributed by atoms with E-state index in [0.29, 0.717) is 25.5 Å². The third-order valence-corrected chi connectivity index (χ3v) is 5.24. The molecule has 128 valence electrons. The molecule has 1 amide bonds. The van der Waals surface area contributed by atoms with Gasteiger partial charge >= 0.3 is 0 Å². The summed E-state index contributed by atoms with van der Waals surface area (Å²) in [5.41, 5.74) is 2.79. The molecule has 4 rings (SSSR count). The Morgan fingerprint density at radius 2 is 2.12 bits per heavy atom. The molecule has 6 heteroatoms. The SMILES string of the molecule is Cc1ccoc1C(=O)N1CCOCC1c1csc(-c2ccccc2)n1. The minimum Gasteiger partial charge on any atom is -0.459 e. The van der Waals surface area contributed by atoms with Crippen molar-refractivity contribution in [3.8, 4) is 10.6 Å². The van der Waals surface area contributed by atoms with Crippen LogP contribution >= 0.6 is 11.3 Å². The van der Waals surface area contributed by atoms with Crippen molar-refractivity contribution in [3.63, 3.8) is 0 Å². The zero-order valence-corrected chi connectivity index (χ0v) is 14.7. The van der Waals surface area contributed by atoms with Crippen LogP contribution in [0.2, 0.25) is 0 Å².